The predicted octanol–water partition coefficient (Wildman–Crippen LogP) is 0.404. The van der Waals surface area contributed by atoms with Crippen molar-refractivity contribution in [1.29, 1.82) is 0 Å². The van der Waals surface area contributed by atoms with Gasteiger partial charge in [-0.05, 0) is 18.1 Å². The highest BCUT2D eigenvalue weighted by atomic mass is 32.2. The first kappa shape index (κ1) is 8.50. The van der Waals surface area contributed by atoms with Crippen molar-refractivity contribution < 1.29 is 8.42 Å². The van der Waals surface area contributed by atoms with E-state index >= 15 is 0 Å². The van der Waals surface area contributed by atoms with Crippen LogP contribution in [0.4, 0.5) is 5.82 Å². The minimum Gasteiger partial charge on any atom is -0.253 e. The molecule has 0 saturated carbocycles. The van der Waals surface area contributed by atoms with E-state index in [-0.39, 0.29) is 0 Å². The van der Waals surface area contributed by atoms with E-state index in [1.807, 2.05) is 12.1 Å². The van der Waals surface area contributed by atoms with Gasteiger partial charge in [-0.1, -0.05) is 6.07 Å². The van der Waals surface area contributed by atoms with E-state index in [1.54, 1.807) is 6.20 Å². The van der Waals surface area contributed by atoms with Gasteiger partial charge >= 0.3 is 0 Å². The maximum atomic E-state index is 11.3. The Balaban J connectivity index is 2.51. The van der Waals surface area contributed by atoms with Crippen molar-refractivity contribution in [2.75, 3.05) is 17.1 Å². The number of anilines is 1. The molecular weight excluding hydrogens is 188 g/mol. The summed E-state index contributed by atoms with van der Waals surface area (Å²) in [5, 5.41) is 0. The molecule has 13 heavy (non-hydrogen) atoms. The van der Waals surface area contributed by atoms with Crippen LogP contribution in [0.2, 0.25) is 0 Å². The zero-order chi connectivity index (χ0) is 9.47. The van der Waals surface area contributed by atoms with Gasteiger partial charge in [-0.3, -0.25) is 4.31 Å². The average Bonchev–Trinajstić information content (AvgIpc) is 2.45. The van der Waals surface area contributed by atoms with Crippen molar-refractivity contribution in [3.8, 4) is 0 Å². The smallest absolute Gasteiger partial charge is 0.233 e. The molecule has 1 aromatic rings. The molecule has 0 radical (unpaired) electrons. The van der Waals surface area contributed by atoms with Gasteiger partial charge in [-0.15, -0.1) is 0 Å². The molecular formula is C8H10N2O2S. The van der Waals surface area contributed by atoms with Gasteiger partial charge in [0.05, 0.1) is 6.26 Å². The van der Waals surface area contributed by atoms with Crippen LogP contribution in [0.15, 0.2) is 18.3 Å². The highest BCUT2D eigenvalue weighted by molar-refractivity contribution is 7.92. The van der Waals surface area contributed by atoms with E-state index < -0.39 is 10.0 Å². The lowest BCUT2D eigenvalue weighted by Crippen LogP contribution is -2.28. The fourth-order valence-electron chi connectivity index (χ4n) is 1.50. The van der Waals surface area contributed by atoms with Gasteiger partial charge in [0.25, 0.3) is 0 Å². The Hall–Kier alpha value is -1.10. The van der Waals surface area contributed by atoms with Gasteiger partial charge in [0.1, 0.15) is 5.82 Å². The lowest BCUT2D eigenvalue weighted by atomic mass is 10.2. The van der Waals surface area contributed by atoms with Crippen LogP contribution in [0.3, 0.4) is 0 Å². The first-order valence-electron chi connectivity index (χ1n) is 4.00. The molecule has 0 saturated heterocycles. The zero-order valence-electron chi connectivity index (χ0n) is 7.27. The summed E-state index contributed by atoms with van der Waals surface area (Å²) in [5.74, 6) is 0.588. The zero-order valence-corrected chi connectivity index (χ0v) is 8.08. The Kier molecular flexibility index (Phi) is 1.76. The van der Waals surface area contributed by atoms with Crippen LogP contribution in [-0.4, -0.2) is 26.2 Å². The molecule has 5 heteroatoms. The summed E-state index contributed by atoms with van der Waals surface area (Å²) in [7, 11) is -3.15. The molecule has 0 atom stereocenters. The van der Waals surface area contributed by atoms with Crippen LogP contribution in [0, 0.1) is 0 Å². The van der Waals surface area contributed by atoms with Gasteiger partial charge in [-0.2, -0.15) is 0 Å². The van der Waals surface area contributed by atoms with Crippen LogP contribution < -0.4 is 4.31 Å². The van der Waals surface area contributed by atoms with Crippen LogP contribution in [0.1, 0.15) is 5.56 Å². The van der Waals surface area contributed by atoms with Crippen molar-refractivity contribution in [3.05, 3.63) is 23.9 Å². The molecule has 0 aromatic carbocycles. The fraction of sp³-hybridized carbons (Fsp3) is 0.375. The summed E-state index contributed by atoms with van der Waals surface area (Å²) < 4.78 is 23.9. The van der Waals surface area contributed by atoms with E-state index in [2.05, 4.69) is 4.98 Å². The van der Waals surface area contributed by atoms with Crippen molar-refractivity contribution in [2.45, 2.75) is 6.42 Å². The molecule has 0 amide bonds. The van der Waals surface area contributed by atoms with E-state index in [9.17, 15) is 8.42 Å². The Morgan fingerprint density at radius 2 is 2.31 bits per heavy atom. The minimum atomic E-state index is -3.15. The number of fused-ring (bicyclic) bond motifs is 1. The van der Waals surface area contributed by atoms with Gasteiger partial charge in [0.15, 0.2) is 0 Å². The summed E-state index contributed by atoms with van der Waals surface area (Å²) in [5.41, 5.74) is 1.01. The number of hydrogen-bond acceptors (Lipinski definition) is 3. The molecule has 1 aliphatic heterocycles. The Morgan fingerprint density at radius 3 is 3.00 bits per heavy atom. The summed E-state index contributed by atoms with van der Waals surface area (Å²) >= 11 is 0. The fourth-order valence-corrected chi connectivity index (χ4v) is 2.40. The summed E-state index contributed by atoms with van der Waals surface area (Å²) in [6.07, 6.45) is 3.58. The number of aromatic nitrogens is 1. The molecule has 0 N–H and O–H groups in total. The molecule has 2 heterocycles. The number of sulfonamides is 1. The number of rotatable bonds is 1. The normalized spacial score (nSPS) is 15.9. The van der Waals surface area contributed by atoms with Crippen molar-refractivity contribution >= 4 is 15.8 Å². The summed E-state index contributed by atoms with van der Waals surface area (Å²) in [4.78, 5) is 4.05. The second-order valence-corrected chi connectivity index (χ2v) is 4.98. The van der Waals surface area contributed by atoms with E-state index in [4.69, 9.17) is 0 Å². The molecule has 0 unspecified atom stereocenters. The van der Waals surface area contributed by atoms with Crippen molar-refractivity contribution in [2.24, 2.45) is 0 Å². The van der Waals surface area contributed by atoms with Gasteiger partial charge < -0.3 is 0 Å². The Morgan fingerprint density at radius 1 is 1.54 bits per heavy atom. The standard InChI is InChI=1S/C8H10N2O2S/c1-13(11,12)10-6-4-7-3-2-5-9-8(7)10/h2-3,5H,4,6H2,1H3. The maximum Gasteiger partial charge on any atom is 0.233 e. The Bertz CT molecular complexity index is 428. The molecule has 0 spiro atoms. The number of pyridine rings is 1. The van der Waals surface area contributed by atoms with Crippen LogP contribution in [0.5, 0.6) is 0 Å². The lowest BCUT2D eigenvalue weighted by molar-refractivity contribution is 0.598. The second-order valence-electron chi connectivity index (χ2n) is 3.07. The minimum absolute atomic E-state index is 0.519. The lowest BCUT2D eigenvalue weighted by Gasteiger charge is -2.14. The first-order valence-corrected chi connectivity index (χ1v) is 5.85. The topological polar surface area (TPSA) is 50.3 Å². The predicted molar refractivity (Wildman–Crippen MR) is 50.1 cm³/mol. The third-order valence-electron chi connectivity index (χ3n) is 2.09. The molecule has 0 fully saturated rings. The van der Waals surface area contributed by atoms with Crippen LogP contribution >= 0.6 is 0 Å². The monoisotopic (exact) mass is 198 g/mol. The van der Waals surface area contributed by atoms with Crippen LogP contribution in [-0.2, 0) is 16.4 Å². The number of hydrogen-bond donors (Lipinski definition) is 0. The largest absolute Gasteiger partial charge is 0.253 e. The molecule has 70 valence electrons. The molecule has 1 aliphatic rings. The maximum absolute atomic E-state index is 11.3. The van der Waals surface area contributed by atoms with Gasteiger partial charge in [0, 0.05) is 12.7 Å². The van der Waals surface area contributed by atoms with Crippen molar-refractivity contribution in [3.63, 3.8) is 0 Å². The third kappa shape index (κ3) is 1.39. The molecule has 0 bridgehead atoms. The second kappa shape index (κ2) is 2.70. The van der Waals surface area contributed by atoms with Crippen molar-refractivity contribution in [1.82, 2.24) is 4.98 Å². The SMILES string of the molecule is CS(=O)(=O)N1CCc2cccnc21. The van der Waals surface area contributed by atoms with Gasteiger partial charge in [0.2, 0.25) is 10.0 Å². The highest BCUT2D eigenvalue weighted by Gasteiger charge is 2.26. The molecule has 1 aromatic heterocycles. The average molecular weight is 198 g/mol. The van der Waals surface area contributed by atoms with E-state index in [0.29, 0.717) is 12.4 Å². The quantitative estimate of drug-likeness (QED) is 0.656. The summed E-state index contributed by atoms with van der Waals surface area (Å²) in [6.45, 7) is 0.519. The highest BCUT2D eigenvalue weighted by Crippen LogP contribution is 2.26. The molecule has 2 rings (SSSR count). The Labute approximate surface area is 77.3 Å². The number of nitrogens with zero attached hydrogens (tertiary/aromatic N) is 2. The first-order chi connectivity index (χ1) is 6.09. The molecule has 4 nitrogen and oxygen atoms in total. The molecule has 0 aliphatic carbocycles. The van der Waals surface area contributed by atoms with Gasteiger partial charge in [-0.25, -0.2) is 13.4 Å². The van der Waals surface area contributed by atoms with E-state index in [1.165, 1.54) is 10.6 Å². The van der Waals surface area contributed by atoms with E-state index in [0.717, 1.165) is 12.0 Å². The van der Waals surface area contributed by atoms with Crippen LogP contribution in [0.25, 0.3) is 0 Å². The third-order valence-corrected chi connectivity index (χ3v) is 3.24. The summed E-state index contributed by atoms with van der Waals surface area (Å²) in [6, 6.07) is 3.73.